The van der Waals surface area contributed by atoms with Crippen molar-refractivity contribution in [3.63, 3.8) is 0 Å². The fourth-order valence-electron chi connectivity index (χ4n) is 2.25. The minimum atomic E-state index is -0.431. The molecule has 0 radical (unpaired) electrons. The van der Waals surface area contributed by atoms with Crippen LogP contribution in [0, 0.1) is 0 Å². The number of nitrogens with zero attached hydrogens (tertiary/aromatic N) is 1. The highest BCUT2D eigenvalue weighted by atomic mass is 16.2. The molecule has 1 rings (SSSR count). The second kappa shape index (κ2) is 5.47. The van der Waals surface area contributed by atoms with E-state index in [2.05, 4.69) is 10.3 Å². The van der Waals surface area contributed by atoms with Gasteiger partial charge >= 0.3 is 0 Å². The monoisotopic (exact) mass is 213 g/mol. The molecule has 0 spiro atoms. The first-order chi connectivity index (χ1) is 7.15. The number of nitrogens with one attached hydrogen (secondary N) is 1. The molecule has 1 fully saturated rings. The lowest BCUT2D eigenvalue weighted by Crippen LogP contribution is -2.58. The minimum absolute atomic E-state index is 0.0631. The third-order valence-corrected chi connectivity index (χ3v) is 3.61. The molecule has 0 aliphatic carbocycles. The Balaban J connectivity index is 2.73. The molecule has 0 aromatic rings. The van der Waals surface area contributed by atoms with E-state index in [9.17, 15) is 4.79 Å². The molecule has 0 aromatic heterocycles. The van der Waals surface area contributed by atoms with Crippen LogP contribution in [0.15, 0.2) is 0 Å². The van der Waals surface area contributed by atoms with Crippen LogP contribution in [-0.2, 0) is 4.79 Å². The van der Waals surface area contributed by atoms with Gasteiger partial charge in [0.05, 0.1) is 5.54 Å². The third kappa shape index (κ3) is 2.69. The van der Waals surface area contributed by atoms with Crippen molar-refractivity contribution in [2.75, 3.05) is 13.1 Å². The first kappa shape index (κ1) is 12.5. The summed E-state index contributed by atoms with van der Waals surface area (Å²) in [5, 5.41) is 0. The van der Waals surface area contributed by atoms with Gasteiger partial charge in [0.2, 0.25) is 0 Å². The molecule has 15 heavy (non-hydrogen) atoms. The predicted molar refractivity (Wildman–Crippen MR) is 61.1 cm³/mol. The van der Waals surface area contributed by atoms with Crippen molar-refractivity contribution in [2.24, 2.45) is 5.84 Å². The Labute approximate surface area is 92.2 Å². The van der Waals surface area contributed by atoms with E-state index in [1.807, 2.05) is 13.8 Å². The van der Waals surface area contributed by atoms with Crippen LogP contribution in [0.1, 0.15) is 46.0 Å². The summed E-state index contributed by atoms with van der Waals surface area (Å²) in [5.74, 6) is 5.19. The summed E-state index contributed by atoms with van der Waals surface area (Å²) in [6.07, 6.45) is 5.73. The van der Waals surface area contributed by atoms with E-state index in [1.54, 1.807) is 0 Å². The summed E-state index contributed by atoms with van der Waals surface area (Å²) < 4.78 is 0. The predicted octanol–water partition coefficient (Wildman–Crippen LogP) is 1.02. The number of hydrogen-bond donors (Lipinski definition) is 2. The molecule has 3 N–H and O–H groups in total. The molecule has 0 aromatic carbocycles. The van der Waals surface area contributed by atoms with Gasteiger partial charge in [-0.2, -0.15) is 0 Å². The van der Waals surface area contributed by atoms with E-state index in [1.165, 1.54) is 25.7 Å². The summed E-state index contributed by atoms with van der Waals surface area (Å²) in [7, 11) is 0. The van der Waals surface area contributed by atoms with Crippen molar-refractivity contribution in [2.45, 2.75) is 51.5 Å². The average Bonchev–Trinajstić information content (AvgIpc) is 2.55. The lowest BCUT2D eigenvalue weighted by atomic mass is 9.95. The highest BCUT2D eigenvalue weighted by Gasteiger charge is 2.37. The maximum Gasteiger partial charge on any atom is 0.254 e. The van der Waals surface area contributed by atoms with Crippen molar-refractivity contribution in [3.8, 4) is 0 Å². The number of hydrogen-bond acceptors (Lipinski definition) is 3. The number of carbonyl (C=O) groups is 1. The number of likely N-dealkylation sites (tertiary alicyclic amines) is 1. The number of amides is 1. The topological polar surface area (TPSA) is 58.4 Å². The van der Waals surface area contributed by atoms with E-state index >= 15 is 0 Å². The van der Waals surface area contributed by atoms with Crippen molar-refractivity contribution in [3.05, 3.63) is 0 Å². The molecule has 1 aliphatic heterocycles. The van der Waals surface area contributed by atoms with Crippen LogP contribution in [-0.4, -0.2) is 29.4 Å². The van der Waals surface area contributed by atoms with E-state index in [4.69, 9.17) is 5.84 Å². The van der Waals surface area contributed by atoms with E-state index < -0.39 is 5.54 Å². The largest absolute Gasteiger partial charge is 0.293 e. The highest BCUT2D eigenvalue weighted by Crippen LogP contribution is 2.23. The van der Waals surface area contributed by atoms with Gasteiger partial charge in [0.1, 0.15) is 0 Å². The Morgan fingerprint density at radius 3 is 2.27 bits per heavy atom. The second-order valence-corrected chi connectivity index (χ2v) is 4.50. The summed E-state index contributed by atoms with van der Waals surface area (Å²) in [4.78, 5) is 14.1. The van der Waals surface area contributed by atoms with Gasteiger partial charge in [0.25, 0.3) is 5.91 Å². The molecule has 1 heterocycles. The Morgan fingerprint density at radius 1 is 1.33 bits per heavy atom. The van der Waals surface area contributed by atoms with Crippen LogP contribution in [0.5, 0.6) is 0 Å². The fraction of sp³-hybridized carbons (Fsp3) is 0.909. The molecule has 1 aliphatic rings. The van der Waals surface area contributed by atoms with Crippen LogP contribution in [0.2, 0.25) is 0 Å². The summed E-state index contributed by atoms with van der Waals surface area (Å²) in [6, 6.07) is 0. The molecule has 88 valence electrons. The normalized spacial score (nSPS) is 22.9. The van der Waals surface area contributed by atoms with Crippen LogP contribution < -0.4 is 11.3 Å². The Hall–Kier alpha value is -0.610. The average molecular weight is 213 g/mol. The molecule has 4 heteroatoms. The van der Waals surface area contributed by atoms with Crippen molar-refractivity contribution < 1.29 is 4.79 Å². The molecular weight excluding hydrogens is 190 g/mol. The van der Waals surface area contributed by atoms with Crippen LogP contribution in [0.4, 0.5) is 0 Å². The zero-order valence-corrected chi connectivity index (χ0v) is 9.88. The Morgan fingerprint density at radius 2 is 1.87 bits per heavy atom. The van der Waals surface area contributed by atoms with Crippen molar-refractivity contribution >= 4 is 5.91 Å². The fourth-order valence-corrected chi connectivity index (χ4v) is 2.25. The van der Waals surface area contributed by atoms with Gasteiger partial charge in [0, 0.05) is 0 Å². The van der Waals surface area contributed by atoms with Crippen LogP contribution in [0.3, 0.4) is 0 Å². The summed E-state index contributed by atoms with van der Waals surface area (Å²) >= 11 is 0. The van der Waals surface area contributed by atoms with Gasteiger partial charge in [0.15, 0.2) is 0 Å². The zero-order chi connectivity index (χ0) is 11.3. The van der Waals surface area contributed by atoms with Gasteiger partial charge in [-0.15, -0.1) is 0 Å². The van der Waals surface area contributed by atoms with Crippen molar-refractivity contribution in [1.82, 2.24) is 10.3 Å². The molecule has 1 atom stereocenters. The SMILES string of the molecule is CC[C@](C)(C(=O)NN)N1CCCCCC1. The standard InChI is InChI=1S/C11H23N3O/c1-3-11(2,10(15)13-12)14-8-6-4-5-7-9-14/h3-9,12H2,1-2H3,(H,13,15)/t11-/m1/s1. The van der Waals surface area contributed by atoms with Gasteiger partial charge in [-0.1, -0.05) is 19.8 Å². The number of nitrogens with two attached hydrogens (primary N) is 1. The van der Waals surface area contributed by atoms with Gasteiger partial charge in [-0.05, 0) is 39.3 Å². The summed E-state index contributed by atoms with van der Waals surface area (Å²) in [6.45, 7) is 6.05. The molecule has 1 amide bonds. The molecule has 1 saturated heterocycles. The number of hydrazine groups is 1. The Bertz CT molecular complexity index is 212. The molecule has 0 saturated carbocycles. The van der Waals surface area contributed by atoms with Crippen molar-refractivity contribution in [1.29, 1.82) is 0 Å². The highest BCUT2D eigenvalue weighted by molar-refractivity contribution is 5.85. The molecule has 4 nitrogen and oxygen atoms in total. The van der Waals surface area contributed by atoms with Crippen LogP contribution in [0.25, 0.3) is 0 Å². The lowest BCUT2D eigenvalue weighted by molar-refractivity contribution is -0.133. The van der Waals surface area contributed by atoms with Gasteiger partial charge in [-0.3, -0.25) is 15.1 Å². The number of rotatable bonds is 3. The second-order valence-electron chi connectivity index (χ2n) is 4.50. The van der Waals surface area contributed by atoms with E-state index in [0.29, 0.717) is 0 Å². The summed E-state index contributed by atoms with van der Waals surface area (Å²) in [5.41, 5.74) is 1.86. The van der Waals surface area contributed by atoms with Gasteiger partial charge < -0.3 is 0 Å². The smallest absolute Gasteiger partial charge is 0.254 e. The first-order valence-corrected chi connectivity index (χ1v) is 5.91. The van der Waals surface area contributed by atoms with Crippen LogP contribution >= 0.6 is 0 Å². The lowest BCUT2D eigenvalue weighted by Gasteiger charge is -2.38. The maximum absolute atomic E-state index is 11.8. The molecule has 0 bridgehead atoms. The number of carbonyl (C=O) groups excluding carboxylic acids is 1. The van der Waals surface area contributed by atoms with E-state index in [-0.39, 0.29) is 5.91 Å². The first-order valence-electron chi connectivity index (χ1n) is 5.91. The quantitative estimate of drug-likeness (QED) is 0.418. The zero-order valence-electron chi connectivity index (χ0n) is 9.88. The third-order valence-electron chi connectivity index (χ3n) is 3.61. The minimum Gasteiger partial charge on any atom is -0.293 e. The molecular formula is C11H23N3O. The maximum atomic E-state index is 11.8. The van der Waals surface area contributed by atoms with E-state index in [0.717, 1.165) is 19.5 Å². The Kier molecular flexibility index (Phi) is 4.54. The van der Waals surface area contributed by atoms with Gasteiger partial charge in [-0.25, -0.2) is 5.84 Å². The molecule has 0 unspecified atom stereocenters.